The maximum Gasteiger partial charge on any atom is 0.306 e. The van der Waals surface area contributed by atoms with Crippen molar-refractivity contribution in [3.63, 3.8) is 0 Å². The Morgan fingerprint density at radius 1 is 1.50 bits per heavy atom. The molecule has 12 heavy (non-hydrogen) atoms. The smallest absolute Gasteiger partial charge is 0.306 e. The van der Waals surface area contributed by atoms with Crippen molar-refractivity contribution < 1.29 is 14.7 Å². The highest BCUT2D eigenvalue weighted by molar-refractivity contribution is 5.70. The van der Waals surface area contributed by atoms with Gasteiger partial charge in [-0.3, -0.25) is 4.79 Å². The van der Waals surface area contributed by atoms with Crippen LogP contribution in [0.25, 0.3) is 0 Å². The van der Waals surface area contributed by atoms with Crippen molar-refractivity contribution in [2.45, 2.75) is 31.7 Å². The van der Waals surface area contributed by atoms with Crippen LogP contribution in [0.15, 0.2) is 4.99 Å². The molecular formula is C8H11NO3. The van der Waals surface area contributed by atoms with Gasteiger partial charge in [-0.2, -0.15) is 0 Å². The number of nitrogens with zero attached hydrogens (tertiary/aromatic N) is 1. The lowest BCUT2D eigenvalue weighted by Gasteiger charge is -2.22. The van der Waals surface area contributed by atoms with Crippen molar-refractivity contribution in [3.8, 4) is 0 Å². The maximum atomic E-state index is 10.6. The van der Waals surface area contributed by atoms with Crippen molar-refractivity contribution in [1.29, 1.82) is 0 Å². The monoisotopic (exact) mass is 169 g/mol. The molecule has 1 fully saturated rings. The minimum Gasteiger partial charge on any atom is -0.481 e. The van der Waals surface area contributed by atoms with Crippen LogP contribution in [0, 0.1) is 5.92 Å². The van der Waals surface area contributed by atoms with Crippen LogP contribution in [-0.4, -0.2) is 23.2 Å². The van der Waals surface area contributed by atoms with Gasteiger partial charge in [0.05, 0.1) is 12.0 Å². The topological polar surface area (TPSA) is 66.7 Å². The fourth-order valence-corrected chi connectivity index (χ4v) is 1.58. The molecule has 0 amide bonds. The van der Waals surface area contributed by atoms with Crippen LogP contribution in [0.5, 0.6) is 0 Å². The number of carboxylic acids is 1. The van der Waals surface area contributed by atoms with Gasteiger partial charge in [0.15, 0.2) is 0 Å². The van der Waals surface area contributed by atoms with Gasteiger partial charge in [0.1, 0.15) is 0 Å². The zero-order valence-electron chi connectivity index (χ0n) is 6.69. The van der Waals surface area contributed by atoms with E-state index in [0.29, 0.717) is 12.8 Å². The summed E-state index contributed by atoms with van der Waals surface area (Å²) in [6.07, 6.45) is 4.34. The van der Waals surface area contributed by atoms with E-state index in [9.17, 15) is 9.59 Å². The van der Waals surface area contributed by atoms with Gasteiger partial charge in [-0.1, -0.05) is 6.42 Å². The molecule has 4 nitrogen and oxygen atoms in total. The second kappa shape index (κ2) is 4.02. The minimum atomic E-state index is -0.777. The largest absolute Gasteiger partial charge is 0.481 e. The Morgan fingerprint density at radius 3 is 2.83 bits per heavy atom. The molecule has 1 saturated carbocycles. The molecule has 0 aliphatic heterocycles. The molecule has 0 heterocycles. The van der Waals surface area contributed by atoms with Crippen LogP contribution in [0.4, 0.5) is 0 Å². The lowest BCUT2D eigenvalue weighted by atomic mass is 9.86. The predicted octanol–water partition coefficient (Wildman–Crippen LogP) is 0.966. The normalized spacial score (nSPS) is 29.0. The Bertz CT molecular complexity index is 212. The number of carbonyl (C=O) groups excluding carboxylic acids is 1. The lowest BCUT2D eigenvalue weighted by molar-refractivity contribution is -0.142. The zero-order valence-corrected chi connectivity index (χ0v) is 6.69. The lowest BCUT2D eigenvalue weighted by Crippen LogP contribution is -2.24. The first-order chi connectivity index (χ1) is 5.74. The highest BCUT2D eigenvalue weighted by Crippen LogP contribution is 2.25. The van der Waals surface area contributed by atoms with Crippen molar-refractivity contribution in [1.82, 2.24) is 0 Å². The van der Waals surface area contributed by atoms with E-state index in [2.05, 4.69) is 4.99 Å². The summed E-state index contributed by atoms with van der Waals surface area (Å²) in [5.74, 6) is -1.10. The van der Waals surface area contributed by atoms with E-state index >= 15 is 0 Å². The van der Waals surface area contributed by atoms with Gasteiger partial charge in [0.25, 0.3) is 0 Å². The summed E-state index contributed by atoms with van der Waals surface area (Å²) < 4.78 is 0. The number of hydrogen-bond acceptors (Lipinski definition) is 3. The van der Waals surface area contributed by atoms with Crippen LogP contribution in [0.3, 0.4) is 0 Å². The molecule has 2 unspecified atom stereocenters. The quantitative estimate of drug-likeness (QED) is 0.494. The first kappa shape index (κ1) is 8.94. The number of aliphatic carboxylic acids is 1. The second-order valence-corrected chi connectivity index (χ2v) is 3.08. The molecule has 0 saturated heterocycles. The van der Waals surface area contributed by atoms with Gasteiger partial charge in [0, 0.05) is 0 Å². The van der Waals surface area contributed by atoms with E-state index in [4.69, 9.17) is 5.11 Å². The van der Waals surface area contributed by atoms with Gasteiger partial charge >= 0.3 is 5.97 Å². The summed E-state index contributed by atoms with van der Waals surface area (Å²) in [6.45, 7) is 0. The van der Waals surface area contributed by atoms with E-state index in [0.717, 1.165) is 12.8 Å². The molecule has 0 aromatic rings. The molecule has 0 aromatic carbocycles. The fourth-order valence-electron chi connectivity index (χ4n) is 1.58. The van der Waals surface area contributed by atoms with Crippen LogP contribution in [-0.2, 0) is 9.59 Å². The van der Waals surface area contributed by atoms with Crippen LogP contribution in [0.2, 0.25) is 0 Å². The van der Waals surface area contributed by atoms with Crippen LogP contribution >= 0.6 is 0 Å². The Balaban J connectivity index is 2.51. The highest BCUT2D eigenvalue weighted by atomic mass is 16.4. The number of carboxylic acid groups (broad SMARTS) is 1. The van der Waals surface area contributed by atoms with Crippen molar-refractivity contribution in [2.24, 2.45) is 10.9 Å². The first-order valence-electron chi connectivity index (χ1n) is 4.04. The molecule has 0 spiro atoms. The Morgan fingerprint density at radius 2 is 2.25 bits per heavy atom. The Kier molecular flexibility index (Phi) is 3.00. The molecule has 0 aromatic heterocycles. The van der Waals surface area contributed by atoms with E-state index < -0.39 is 5.97 Å². The summed E-state index contributed by atoms with van der Waals surface area (Å²) in [5.41, 5.74) is 0. The molecule has 1 aliphatic carbocycles. The van der Waals surface area contributed by atoms with E-state index in [-0.39, 0.29) is 12.0 Å². The molecule has 1 rings (SSSR count). The third-order valence-electron chi connectivity index (χ3n) is 2.23. The third-order valence-corrected chi connectivity index (χ3v) is 2.23. The fraction of sp³-hybridized carbons (Fsp3) is 0.750. The Hall–Kier alpha value is -1.15. The summed E-state index contributed by atoms with van der Waals surface area (Å²) >= 11 is 0. The summed E-state index contributed by atoms with van der Waals surface area (Å²) in [6, 6.07) is -0.114. The van der Waals surface area contributed by atoms with Gasteiger partial charge in [0.2, 0.25) is 6.08 Å². The zero-order chi connectivity index (χ0) is 8.97. The molecule has 0 radical (unpaired) electrons. The van der Waals surface area contributed by atoms with Crippen molar-refractivity contribution in [2.75, 3.05) is 0 Å². The SMILES string of the molecule is O=C=NC1CCCC(C(=O)O)C1. The molecule has 4 heteroatoms. The molecule has 66 valence electrons. The number of hydrogen-bond donors (Lipinski definition) is 1. The number of aliphatic imine (C=N–C) groups is 1. The molecule has 1 aliphatic rings. The van der Waals surface area contributed by atoms with Gasteiger partial charge < -0.3 is 5.11 Å². The molecule has 1 N–H and O–H groups in total. The van der Waals surface area contributed by atoms with E-state index in [1.54, 1.807) is 0 Å². The highest BCUT2D eigenvalue weighted by Gasteiger charge is 2.26. The van der Waals surface area contributed by atoms with Crippen molar-refractivity contribution in [3.05, 3.63) is 0 Å². The predicted molar refractivity (Wildman–Crippen MR) is 41.5 cm³/mol. The summed E-state index contributed by atoms with van der Waals surface area (Å²) in [7, 11) is 0. The second-order valence-electron chi connectivity index (χ2n) is 3.08. The number of carbonyl (C=O) groups is 1. The van der Waals surface area contributed by atoms with E-state index in [1.165, 1.54) is 6.08 Å². The molecule has 0 bridgehead atoms. The van der Waals surface area contributed by atoms with Gasteiger partial charge in [-0.25, -0.2) is 9.79 Å². The van der Waals surface area contributed by atoms with Crippen LogP contribution < -0.4 is 0 Å². The number of isocyanates is 1. The van der Waals surface area contributed by atoms with E-state index in [1.807, 2.05) is 0 Å². The van der Waals surface area contributed by atoms with Gasteiger partial charge in [-0.05, 0) is 19.3 Å². The maximum absolute atomic E-state index is 10.6. The Labute approximate surface area is 70.3 Å². The van der Waals surface area contributed by atoms with Crippen molar-refractivity contribution >= 4 is 12.0 Å². The number of rotatable bonds is 2. The average Bonchev–Trinajstić information content (AvgIpc) is 2.05. The molecule has 2 atom stereocenters. The average molecular weight is 169 g/mol. The standard InChI is InChI=1S/C8H11NO3/c10-5-9-7-3-1-2-6(4-7)8(11)12/h6-7H,1-4H2,(H,11,12). The molecular weight excluding hydrogens is 158 g/mol. The summed E-state index contributed by atoms with van der Waals surface area (Å²) in [5, 5.41) is 8.68. The first-order valence-corrected chi connectivity index (χ1v) is 4.04. The summed E-state index contributed by atoms with van der Waals surface area (Å²) in [4.78, 5) is 24.0. The van der Waals surface area contributed by atoms with Crippen LogP contribution in [0.1, 0.15) is 25.7 Å². The van der Waals surface area contributed by atoms with Gasteiger partial charge in [-0.15, -0.1) is 0 Å². The minimum absolute atomic E-state index is 0.114. The third kappa shape index (κ3) is 2.17.